The molecule has 1 aromatic heterocycles. The van der Waals surface area contributed by atoms with Crippen molar-refractivity contribution < 1.29 is 18.3 Å². The molecule has 0 aliphatic carbocycles. The molecule has 0 spiro atoms. The van der Waals surface area contributed by atoms with Gasteiger partial charge in [0, 0.05) is 22.7 Å². The zero-order valence-corrected chi connectivity index (χ0v) is 12.9. The fourth-order valence-electron chi connectivity index (χ4n) is 2.40. The van der Waals surface area contributed by atoms with Gasteiger partial charge in [-0.1, -0.05) is 18.7 Å². The van der Waals surface area contributed by atoms with E-state index in [2.05, 4.69) is 11.9 Å². The molecule has 0 unspecified atom stereocenters. The fraction of sp³-hybridized carbons (Fsp3) is 0.0556. The summed E-state index contributed by atoms with van der Waals surface area (Å²) in [4.78, 5) is 11.6. The second kappa shape index (κ2) is 6.08. The maximum Gasteiger partial charge on any atom is 0.286 e. The standard InChI is InChI=1S/C18H15FN2O3/c1-10(11-4-3-5-13(8-11)23-2)21-16-14-7-6-12(19)9-15(14)24-17(16)18(20)22/h3-9,21H,1H2,2H3,(H2,20,22). The Balaban J connectivity index is 2.03. The summed E-state index contributed by atoms with van der Waals surface area (Å²) in [5, 5.41) is 3.57. The molecule has 1 amide bonds. The number of hydrogen-bond donors (Lipinski definition) is 2. The van der Waals surface area contributed by atoms with Gasteiger partial charge in [0.15, 0.2) is 0 Å². The molecular formula is C18H15FN2O3. The lowest BCUT2D eigenvalue weighted by Crippen LogP contribution is -2.12. The largest absolute Gasteiger partial charge is 0.497 e. The van der Waals surface area contributed by atoms with Crippen molar-refractivity contribution in [3.63, 3.8) is 0 Å². The highest BCUT2D eigenvalue weighted by molar-refractivity contribution is 6.07. The van der Waals surface area contributed by atoms with Crippen LogP contribution in [0.4, 0.5) is 10.1 Å². The van der Waals surface area contributed by atoms with Gasteiger partial charge < -0.3 is 20.2 Å². The average molecular weight is 326 g/mol. The van der Waals surface area contributed by atoms with Crippen LogP contribution in [0.2, 0.25) is 0 Å². The number of rotatable bonds is 5. The molecule has 3 rings (SSSR count). The average Bonchev–Trinajstić information content (AvgIpc) is 2.92. The quantitative estimate of drug-likeness (QED) is 0.748. The zero-order chi connectivity index (χ0) is 17.3. The third kappa shape index (κ3) is 2.81. The molecule has 122 valence electrons. The summed E-state index contributed by atoms with van der Waals surface area (Å²) in [7, 11) is 1.57. The molecule has 0 atom stereocenters. The van der Waals surface area contributed by atoms with Crippen LogP contribution in [0.15, 0.2) is 53.5 Å². The summed E-state index contributed by atoms with van der Waals surface area (Å²) in [6.07, 6.45) is 0. The van der Waals surface area contributed by atoms with Crippen LogP contribution >= 0.6 is 0 Å². The van der Waals surface area contributed by atoms with Gasteiger partial charge in [0.05, 0.1) is 12.8 Å². The highest BCUT2D eigenvalue weighted by Gasteiger charge is 2.19. The number of furan rings is 1. The number of anilines is 1. The first-order valence-corrected chi connectivity index (χ1v) is 7.12. The number of fused-ring (bicyclic) bond motifs is 1. The van der Waals surface area contributed by atoms with Gasteiger partial charge in [-0.25, -0.2) is 4.39 Å². The molecule has 0 saturated heterocycles. The van der Waals surface area contributed by atoms with Crippen LogP contribution in [0.25, 0.3) is 16.7 Å². The lowest BCUT2D eigenvalue weighted by atomic mass is 10.1. The molecule has 3 N–H and O–H groups in total. The predicted octanol–water partition coefficient (Wildman–Crippen LogP) is 3.76. The SMILES string of the molecule is C=C(Nc1c(C(N)=O)oc2cc(F)ccc12)c1cccc(OC)c1. The summed E-state index contributed by atoms with van der Waals surface area (Å²) < 4.78 is 23.9. The highest BCUT2D eigenvalue weighted by atomic mass is 19.1. The second-order valence-electron chi connectivity index (χ2n) is 5.15. The van der Waals surface area contributed by atoms with Crippen LogP contribution in [0, 0.1) is 5.82 Å². The van der Waals surface area contributed by atoms with Crippen LogP contribution in [-0.4, -0.2) is 13.0 Å². The van der Waals surface area contributed by atoms with E-state index in [9.17, 15) is 9.18 Å². The van der Waals surface area contributed by atoms with Gasteiger partial charge in [-0.15, -0.1) is 0 Å². The van der Waals surface area contributed by atoms with Crippen molar-refractivity contribution in [2.24, 2.45) is 5.73 Å². The van der Waals surface area contributed by atoms with E-state index >= 15 is 0 Å². The number of ether oxygens (including phenoxy) is 1. The van der Waals surface area contributed by atoms with Crippen LogP contribution < -0.4 is 15.8 Å². The Labute approximate surface area is 137 Å². The van der Waals surface area contributed by atoms with Gasteiger partial charge in [-0.2, -0.15) is 0 Å². The van der Waals surface area contributed by atoms with Crippen molar-refractivity contribution in [2.45, 2.75) is 0 Å². The van der Waals surface area contributed by atoms with Gasteiger partial charge in [-0.05, 0) is 24.3 Å². The number of carbonyl (C=O) groups excluding carboxylic acids is 1. The van der Waals surface area contributed by atoms with Gasteiger partial charge in [0.2, 0.25) is 5.76 Å². The third-order valence-corrected chi connectivity index (χ3v) is 3.57. The van der Waals surface area contributed by atoms with Crippen molar-refractivity contribution in [3.05, 3.63) is 66.2 Å². The van der Waals surface area contributed by atoms with E-state index in [4.69, 9.17) is 14.9 Å². The minimum Gasteiger partial charge on any atom is -0.497 e. The lowest BCUT2D eigenvalue weighted by Gasteiger charge is -2.10. The molecule has 0 saturated carbocycles. The number of primary amides is 1. The van der Waals surface area contributed by atoms with Gasteiger partial charge >= 0.3 is 0 Å². The molecule has 24 heavy (non-hydrogen) atoms. The lowest BCUT2D eigenvalue weighted by molar-refractivity contribution is 0.0977. The van der Waals surface area contributed by atoms with Crippen LogP contribution in [-0.2, 0) is 0 Å². The molecule has 5 nitrogen and oxygen atoms in total. The van der Waals surface area contributed by atoms with E-state index in [1.54, 1.807) is 13.2 Å². The normalized spacial score (nSPS) is 10.6. The molecule has 0 aliphatic rings. The number of nitrogens with one attached hydrogen (secondary N) is 1. The van der Waals surface area contributed by atoms with E-state index in [0.29, 0.717) is 22.5 Å². The second-order valence-corrected chi connectivity index (χ2v) is 5.15. The maximum atomic E-state index is 13.4. The minimum absolute atomic E-state index is 0.0837. The predicted molar refractivity (Wildman–Crippen MR) is 90.3 cm³/mol. The Hall–Kier alpha value is -3.28. The van der Waals surface area contributed by atoms with Crippen LogP contribution in [0.1, 0.15) is 16.1 Å². The first-order valence-electron chi connectivity index (χ1n) is 7.12. The number of hydrogen-bond acceptors (Lipinski definition) is 4. The summed E-state index contributed by atoms with van der Waals surface area (Å²) >= 11 is 0. The van der Waals surface area contributed by atoms with E-state index < -0.39 is 11.7 Å². The van der Waals surface area contributed by atoms with Crippen molar-refractivity contribution in [2.75, 3.05) is 12.4 Å². The van der Waals surface area contributed by atoms with Crippen molar-refractivity contribution in [3.8, 4) is 5.75 Å². The van der Waals surface area contributed by atoms with Crippen molar-refractivity contribution in [1.29, 1.82) is 0 Å². The third-order valence-electron chi connectivity index (χ3n) is 3.57. The zero-order valence-electron chi connectivity index (χ0n) is 12.9. The van der Waals surface area contributed by atoms with Crippen LogP contribution in [0.5, 0.6) is 5.75 Å². The van der Waals surface area contributed by atoms with E-state index in [1.807, 2.05) is 18.2 Å². The summed E-state index contributed by atoms with van der Waals surface area (Å²) in [5.41, 5.74) is 7.22. The molecule has 0 bridgehead atoms. The molecule has 1 heterocycles. The Kier molecular flexibility index (Phi) is 3.95. The topological polar surface area (TPSA) is 77.5 Å². The summed E-state index contributed by atoms with van der Waals surface area (Å²) in [5.74, 6) is -0.637. The highest BCUT2D eigenvalue weighted by Crippen LogP contribution is 2.33. The van der Waals surface area contributed by atoms with E-state index in [0.717, 1.165) is 5.56 Å². The Morgan fingerprint density at radius 3 is 2.79 bits per heavy atom. The summed E-state index contributed by atoms with van der Waals surface area (Å²) in [6.45, 7) is 3.97. The van der Waals surface area contributed by atoms with Crippen molar-refractivity contribution in [1.82, 2.24) is 0 Å². The molecule has 0 aliphatic heterocycles. The monoisotopic (exact) mass is 326 g/mol. The molecule has 6 heteroatoms. The van der Waals surface area contributed by atoms with E-state index in [1.165, 1.54) is 18.2 Å². The van der Waals surface area contributed by atoms with E-state index in [-0.39, 0.29) is 11.3 Å². The molecule has 0 radical (unpaired) electrons. The molecular weight excluding hydrogens is 311 g/mol. The smallest absolute Gasteiger partial charge is 0.286 e. The Morgan fingerprint density at radius 1 is 1.29 bits per heavy atom. The van der Waals surface area contributed by atoms with Gasteiger partial charge in [-0.3, -0.25) is 4.79 Å². The molecule has 3 aromatic rings. The summed E-state index contributed by atoms with van der Waals surface area (Å²) in [6, 6.07) is 11.2. The Morgan fingerprint density at radius 2 is 2.08 bits per heavy atom. The number of halogens is 1. The first-order chi connectivity index (χ1) is 11.5. The molecule has 0 fully saturated rings. The molecule has 2 aromatic carbocycles. The number of amides is 1. The Bertz CT molecular complexity index is 947. The van der Waals surface area contributed by atoms with Crippen molar-refractivity contribution >= 4 is 28.3 Å². The van der Waals surface area contributed by atoms with Gasteiger partial charge in [0.25, 0.3) is 5.91 Å². The fourth-order valence-corrected chi connectivity index (χ4v) is 2.40. The van der Waals surface area contributed by atoms with Gasteiger partial charge in [0.1, 0.15) is 17.1 Å². The number of benzene rings is 2. The first kappa shape index (κ1) is 15.6. The minimum atomic E-state index is -0.757. The number of methoxy groups -OCH3 is 1. The number of nitrogens with two attached hydrogens (primary N) is 1. The maximum absolute atomic E-state index is 13.4. The van der Waals surface area contributed by atoms with Crippen LogP contribution in [0.3, 0.4) is 0 Å². The number of carbonyl (C=O) groups is 1.